The van der Waals surface area contributed by atoms with Crippen LogP contribution in [-0.2, 0) is 4.74 Å². The van der Waals surface area contributed by atoms with Crippen LogP contribution in [0.25, 0.3) is 5.65 Å². The zero-order chi connectivity index (χ0) is 19.7. The third-order valence-corrected chi connectivity index (χ3v) is 4.68. The van der Waals surface area contributed by atoms with Gasteiger partial charge in [-0.3, -0.25) is 4.79 Å². The van der Waals surface area contributed by atoms with Gasteiger partial charge in [0.15, 0.2) is 5.82 Å². The minimum atomic E-state index is -2.80. The van der Waals surface area contributed by atoms with Crippen molar-refractivity contribution in [2.75, 3.05) is 18.5 Å². The van der Waals surface area contributed by atoms with Crippen molar-refractivity contribution < 1.29 is 22.7 Å². The third kappa shape index (κ3) is 3.70. The van der Waals surface area contributed by atoms with Crippen LogP contribution in [0.2, 0.25) is 0 Å². The molecule has 0 radical (unpaired) electrons. The molecular formula is C19H17F3N4O2. The van der Waals surface area contributed by atoms with Crippen molar-refractivity contribution in [3.8, 4) is 0 Å². The van der Waals surface area contributed by atoms with E-state index < -0.39 is 23.8 Å². The molecule has 4 heterocycles. The lowest BCUT2D eigenvalue weighted by Gasteiger charge is -2.19. The van der Waals surface area contributed by atoms with Gasteiger partial charge < -0.3 is 14.5 Å². The first-order valence-corrected chi connectivity index (χ1v) is 8.83. The summed E-state index contributed by atoms with van der Waals surface area (Å²) in [6.45, 7) is 1.33. The highest BCUT2D eigenvalue weighted by Crippen LogP contribution is 2.27. The highest BCUT2D eigenvalue weighted by molar-refractivity contribution is 6.02. The van der Waals surface area contributed by atoms with Crippen molar-refractivity contribution in [2.24, 2.45) is 0 Å². The molecule has 1 amide bonds. The maximum absolute atomic E-state index is 14.4. The van der Waals surface area contributed by atoms with Crippen molar-refractivity contribution in [3.63, 3.8) is 0 Å². The molecule has 0 unspecified atom stereocenters. The van der Waals surface area contributed by atoms with Crippen molar-refractivity contribution in [3.05, 3.63) is 59.6 Å². The number of imidazole rings is 1. The monoisotopic (exact) mass is 390 g/mol. The van der Waals surface area contributed by atoms with Gasteiger partial charge >= 0.3 is 0 Å². The minimum absolute atomic E-state index is 0.0855. The summed E-state index contributed by atoms with van der Waals surface area (Å²) >= 11 is 0. The van der Waals surface area contributed by atoms with Gasteiger partial charge in [0.25, 0.3) is 12.3 Å². The lowest BCUT2D eigenvalue weighted by molar-refractivity contribution is 0.0846. The van der Waals surface area contributed by atoms with E-state index in [9.17, 15) is 18.0 Å². The number of nitrogens with one attached hydrogen (secondary N) is 1. The number of nitrogens with zero attached hydrogens (tertiary/aromatic N) is 3. The topological polar surface area (TPSA) is 68.5 Å². The molecule has 1 aliphatic heterocycles. The molecule has 0 bridgehead atoms. The average molecular weight is 390 g/mol. The maximum atomic E-state index is 14.4. The lowest BCUT2D eigenvalue weighted by atomic mass is 9.97. The van der Waals surface area contributed by atoms with E-state index in [2.05, 4.69) is 15.3 Å². The number of fused-ring (bicyclic) bond motifs is 1. The van der Waals surface area contributed by atoms with Crippen LogP contribution < -0.4 is 5.32 Å². The molecule has 1 saturated heterocycles. The number of hydrogen-bond donors (Lipinski definition) is 1. The summed E-state index contributed by atoms with van der Waals surface area (Å²) in [5.74, 6) is -1.20. The third-order valence-electron chi connectivity index (χ3n) is 4.68. The molecule has 0 aromatic carbocycles. The second-order valence-electron chi connectivity index (χ2n) is 6.56. The Hall–Kier alpha value is -2.94. The van der Waals surface area contributed by atoms with Gasteiger partial charge in [-0.25, -0.2) is 23.1 Å². The van der Waals surface area contributed by atoms with E-state index in [0.717, 1.165) is 24.6 Å². The summed E-state index contributed by atoms with van der Waals surface area (Å²) in [4.78, 5) is 20.4. The Kier molecular flexibility index (Phi) is 4.99. The number of aromatic nitrogens is 3. The van der Waals surface area contributed by atoms with E-state index in [1.165, 1.54) is 24.4 Å². The van der Waals surface area contributed by atoms with Crippen LogP contribution >= 0.6 is 0 Å². The first-order valence-electron chi connectivity index (χ1n) is 8.83. The van der Waals surface area contributed by atoms with E-state index in [4.69, 9.17) is 4.74 Å². The first kappa shape index (κ1) is 18.4. The number of pyridine rings is 2. The molecule has 4 rings (SSSR count). The van der Waals surface area contributed by atoms with Gasteiger partial charge in [-0.15, -0.1) is 0 Å². The molecule has 0 atom stereocenters. The van der Waals surface area contributed by atoms with Crippen molar-refractivity contribution in [1.29, 1.82) is 0 Å². The fourth-order valence-electron chi connectivity index (χ4n) is 3.20. The number of amides is 1. The molecule has 1 aliphatic rings. The van der Waals surface area contributed by atoms with E-state index in [0.29, 0.717) is 18.9 Å². The fourth-order valence-corrected chi connectivity index (χ4v) is 3.20. The Morgan fingerprint density at radius 3 is 2.75 bits per heavy atom. The van der Waals surface area contributed by atoms with Crippen LogP contribution in [0.15, 0.2) is 36.7 Å². The van der Waals surface area contributed by atoms with Crippen LogP contribution in [0.1, 0.15) is 47.1 Å². The van der Waals surface area contributed by atoms with Crippen LogP contribution in [-0.4, -0.2) is 33.5 Å². The summed E-state index contributed by atoms with van der Waals surface area (Å²) in [7, 11) is 0. The van der Waals surface area contributed by atoms with Crippen LogP contribution in [0, 0.1) is 5.82 Å². The summed E-state index contributed by atoms with van der Waals surface area (Å²) in [6, 6.07) is 4.94. The zero-order valence-electron chi connectivity index (χ0n) is 14.7. The molecular weight excluding hydrogens is 373 g/mol. The standard InChI is InChI=1S/C19H17F3N4O2/c20-12-8-17-24-15(11-4-6-28-7-5-11)9-26(17)10-16(12)25-19(27)14-3-1-2-13(23-14)18(21)22/h1-3,8-11,18H,4-7H2,(H,25,27). The van der Waals surface area contributed by atoms with Crippen LogP contribution in [0.3, 0.4) is 0 Å². The van der Waals surface area contributed by atoms with Crippen molar-refractivity contribution >= 4 is 17.2 Å². The Morgan fingerprint density at radius 1 is 1.21 bits per heavy atom. The summed E-state index contributed by atoms with van der Waals surface area (Å²) < 4.78 is 46.9. The molecule has 28 heavy (non-hydrogen) atoms. The smallest absolute Gasteiger partial charge is 0.280 e. The Bertz CT molecular complexity index is 1020. The van der Waals surface area contributed by atoms with Gasteiger partial charge in [0.1, 0.15) is 17.0 Å². The zero-order valence-corrected chi connectivity index (χ0v) is 14.7. The molecule has 9 heteroatoms. The molecule has 1 fully saturated rings. The number of anilines is 1. The van der Waals surface area contributed by atoms with E-state index in [-0.39, 0.29) is 17.3 Å². The highest BCUT2D eigenvalue weighted by Gasteiger charge is 2.20. The fraction of sp³-hybridized carbons (Fsp3) is 0.316. The van der Waals surface area contributed by atoms with E-state index in [1.54, 1.807) is 10.6 Å². The molecule has 6 nitrogen and oxygen atoms in total. The van der Waals surface area contributed by atoms with Crippen LogP contribution in [0.5, 0.6) is 0 Å². The van der Waals surface area contributed by atoms with Gasteiger partial charge in [0.05, 0.1) is 11.4 Å². The Labute approximate surface area is 158 Å². The normalized spacial score (nSPS) is 15.3. The Balaban J connectivity index is 1.59. The molecule has 3 aromatic rings. The van der Waals surface area contributed by atoms with E-state index in [1.807, 2.05) is 0 Å². The quantitative estimate of drug-likeness (QED) is 0.732. The number of carbonyl (C=O) groups excluding carboxylic acids is 1. The number of hydrogen-bond acceptors (Lipinski definition) is 4. The number of rotatable bonds is 4. The average Bonchev–Trinajstić information content (AvgIpc) is 3.11. The number of ether oxygens (including phenoxy) is 1. The molecule has 1 N–H and O–H groups in total. The van der Waals surface area contributed by atoms with Crippen molar-refractivity contribution in [2.45, 2.75) is 25.2 Å². The van der Waals surface area contributed by atoms with Gasteiger partial charge in [0.2, 0.25) is 0 Å². The molecule has 0 aliphatic carbocycles. The van der Waals surface area contributed by atoms with Crippen LogP contribution in [0.4, 0.5) is 18.9 Å². The van der Waals surface area contributed by atoms with Gasteiger partial charge in [-0.05, 0) is 25.0 Å². The predicted octanol–water partition coefficient (Wildman–Crippen LogP) is 3.95. The van der Waals surface area contributed by atoms with E-state index >= 15 is 0 Å². The first-order chi connectivity index (χ1) is 13.5. The van der Waals surface area contributed by atoms with Gasteiger partial charge in [-0.2, -0.15) is 0 Å². The van der Waals surface area contributed by atoms with Gasteiger partial charge in [0, 0.05) is 37.6 Å². The molecule has 0 saturated carbocycles. The molecule has 3 aromatic heterocycles. The second kappa shape index (κ2) is 7.59. The highest BCUT2D eigenvalue weighted by atomic mass is 19.3. The lowest BCUT2D eigenvalue weighted by Crippen LogP contribution is -2.16. The number of alkyl halides is 2. The summed E-state index contributed by atoms with van der Waals surface area (Å²) in [6.07, 6.45) is 2.12. The Morgan fingerprint density at radius 2 is 2.00 bits per heavy atom. The SMILES string of the molecule is O=C(Nc1cn2cc(C3CCOCC3)nc2cc1F)c1cccc(C(F)F)n1. The maximum Gasteiger partial charge on any atom is 0.280 e. The van der Waals surface area contributed by atoms with Crippen molar-refractivity contribution in [1.82, 2.24) is 14.4 Å². The largest absolute Gasteiger partial charge is 0.381 e. The minimum Gasteiger partial charge on any atom is -0.381 e. The van der Waals surface area contributed by atoms with Gasteiger partial charge in [-0.1, -0.05) is 6.07 Å². The summed E-state index contributed by atoms with van der Waals surface area (Å²) in [5, 5.41) is 2.38. The molecule has 146 valence electrons. The number of carbonyl (C=O) groups is 1. The predicted molar refractivity (Wildman–Crippen MR) is 95.1 cm³/mol. The second-order valence-corrected chi connectivity index (χ2v) is 6.56. The summed E-state index contributed by atoms with van der Waals surface area (Å²) in [5.41, 5.74) is 0.454. The molecule has 0 spiro atoms. The number of halogens is 3.